The first kappa shape index (κ1) is 23.6. The highest BCUT2D eigenvalue weighted by molar-refractivity contribution is 6.35. The van der Waals surface area contributed by atoms with Crippen molar-refractivity contribution in [3.05, 3.63) is 140 Å². The van der Waals surface area contributed by atoms with Crippen molar-refractivity contribution in [3.63, 3.8) is 0 Å². The summed E-state index contributed by atoms with van der Waals surface area (Å²) in [5, 5.41) is 10.2. The lowest BCUT2D eigenvalue weighted by Gasteiger charge is -2.13. The maximum atomic E-state index is 6.75. The molecule has 204 valence electrons. The first-order valence-electron chi connectivity index (χ1n) is 14.9. The number of fused-ring (bicyclic) bond motifs is 12. The van der Waals surface area contributed by atoms with Crippen LogP contribution in [0.15, 0.2) is 144 Å². The third kappa shape index (κ3) is 3.11. The molecule has 4 heteroatoms. The van der Waals surface area contributed by atoms with Gasteiger partial charge < -0.3 is 4.42 Å². The fourth-order valence-electron chi connectivity index (χ4n) is 7.14. The molecule has 0 aliphatic carbocycles. The van der Waals surface area contributed by atoms with Gasteiger partial charge in [-0.2, -0.15) is 0 Å². The Morgan fingerprint density at radius 1 is 0.477 bits per heavy atom. The second-order valence-corrected chi connectivity index (χ2v) is 11.3. The number of para-hydroxylation sites is 3. The topological polar surface area (TPSA) is 43.9 Å². The molecule has 0 radical (unpaired) electrons. The molecule has 4 nitrogen and oxygen atoms in total. The van der Waals surface area contributed by atoms with E-state index in [0.29, 0.717) is 5.95 Å². The van der Waals surface area contributed by atoms with Crippen molar-refractivity contribution < 1.29 is 4.42 Å². The summed E-state index contributed by atoms with van der Waals surface area (Å²) in [7, 11) is 0. The number of hydrogen-bond donors (Lipinski definition) is 0. The first-order valence-corrected chi connectivity index (χ1v) is 14.9. The summed E-state index contributed by atoms with van der Waals surface area (Å²) < 4.78 is 8.96. The average Bonchev–Trinajstić information content (AvgIpc) is 3.65. The van der Waals surface area contributed by atoms with E-state index in [9.17, 15) is 0 Å². The fraction of sp³-hybridized carbons (Fsp3) is 0. The van der Waals surface area contributed by atoms with E-state index in [2.05, 4.69) is 126 Å². The summed E-state index contributed by atoms with van der Waals surface area (Å²) in [5.41, 5.74) is 6.63. The third-order valence-corrected chi connectivity index (χ3v) is 8.99. The largest absolute Gasteiger partial charge is 0.454 e. The van der Waals surface area contributed by atoms with Crippen LogP contribution in [0.4, 0.5) is 0 Å². The number of rotatable bonds is 2. The Morgan fingerprint density at radius 2 is 1.11 bits per heavy atom. The Labute approximate surface area is 251 Å². The molecule has 44 heavy (non-hydrogen) atoms. The number of benzene rings is 7. The molecule has 0 saturated carbocycles. The Kier molecular flexibility index (Phi) is 4.69. The van der Waals surface area contributed by atoms with E-state index in [1.807, 2.05) is 18.2 Å². The van der Waals surface area contributed by atoms with E-state index in [4.69, 9.17) is 14.4 Å². The maximum absolute atomic E-state index is 6.75. The van der Waals surface area contributed by atoms with Crippen LogP contribution in [0.3, 0.4) is 0 Å². The van der Waals surface area contributed by atoms with E-state index in [0.717, 1.165) is 71.3 Å². The number of furan rings is 1. The lowest BCUT2D eigenvalue weighted by molar-refractivity contribution is 0.671. The van der Waals surface area contributed by atoms with Gasteiger partial charge in [-0.25, -0.2) is 9.97 Å². The minimum atomic E-state index is 0.620. The zero-order valence-electron chi connectivity index (χ0n) is 23.5. The molecule has 10 rings (SSSR count). The van der Waals surface area contributed by atoms with Gasteiger partial charge >= 0.3 is 0 Å². The SMILES string of the molecule is c1ccc2c(-c3nc(-n4c5ccccc5c5c6ccccc6c6c7ccccc7oc6c54)nc4ccccc34)cccc2c1. The Morgan fingerprint density at radius 3 is 1.98 bits per heavy atom. The Balaban J connectivity index is 1.43. The van der Waals surface area contributed by atoms with Gasteiger partial charge in [0, 0.05) is 32.5 Å². The monoisotopic (exact) mass is 561 g/mol. The standard InChI is InChI=1S/C40H23N3O/c1-2-14-25-24(12-1)13-11-20-28(25)37-29-17-5-8-21-32(29)41-40(42-37)43-33-22-9-6-18-30(33)35-26-15-3-4-16-27(26)36-31-19-7-10-23-34(31)44-39(36)38(35)43/h1-23H. The summed E-state index contributed by atoms with van der Waals surface area (Å²) in [5.74, 6) is 0.620. The van der Waals surface area contributed by atoms with Crippen LogP contribution in [0.2, 0.25) is 0 Å². The minimum absolute atomic E-state index is 0.620. The van der Waals surface area contributed by atoms with E-state index >= 15 is 0 Å². The van der Waals surface area contributed by atoms with Crippen LogP contribution in [-0.2, 0) is 0 Å². The molecule has 0 atom stereocenters. The molecule has 3 heterocycles. The van der Waals surface area contributed by atoms with Crippen molar-refractivity contribution in [1.29, 1.82) is 0 Å². The van der Waals surface area contributed by atoms with Gasteiger partial charge in [0.25, 0.3) is 0 Å². The molecule has 0 aliphatic heterocycles. The second kappa shape index (κ2) is 8.76. The summed E-state index contributed by atoms with van der Waals surface area (Å²) >= 11 is 0. The molecule has 0 bridgehead atoms. The van der Waals surface area contributed by atoms with Crippen molar-refractivity contribution >= 4 is 76.2 Å². The molecule has 0 unspecified atom stereocenters. The van der Waals surface area contributed by atoms with Crippen LogP contribution in [0, 0.1) is 0 Å². The molecule has 0 fully saturated rings. The van der Waals surface area contributed by atoms with Gasteiger partial charge in [-0.15, -0.1) is 0 Å². The van der Waals surface area contributed by atoms with E-state index in [1.165, 1.54) is 16.2 Å². The van der Waals surface area contributed by atoms with Crippen LogP contribution in [-0.4, -0.2) is 14.5 Å². The average molecular weight is 562 g/mol. The van der Waals surface area contributed by atoms with E-state index in [1.54, 1.807) is 0 Å². The molecule has 7 aromatic carbocycles. The van der Waals surface area contributed by atoms with Gasteiger partial charge in [-0.1, -0.05) is 121 Å². The predicted molar refractivity (Wildman–Crippen MR) is 182 cm³/mol. The third-order valence-electron chi connectivity index (χ3n) is 8.99. The summed E-state index contributed by atoms with van der Waals surface area (Å²) in [6.45, 7) is 0. The molecule has 0 N–H and O–H groups in total. The van der Waals surface area contributed by atoms with Gasteiger partial charge in [-0.3, -0.25) is 4.57 Å². The molecular formula is C40H23N3O. The summed E-state index contributed by atoms with van der Waals surface area (Å²) in [6.07, 6.45) is 0. The number of nitrogens with zero attached hydrogens (tertiary/aromatic N) is 3. The molecule has 0 aliphatic rings. The lowest BCUT2D eigenvalue weighted by atomic mass is 9.99. The highest BCUT2D eigenvalue weighted by Gasteiger charge is 2.24. The van der Waals surface area contributed by atoms with Gasteiger partial charge in [0.15, 0.2) is 5.58 Å². The predicted octanol–water partition coefficient (Wildman–Crippen LogP) is 10.6. The highest BCUT2D eigenvalue weighted by Crippen LogP contribution is 2.45. The molecule has 10 aromatic rings. The number of aromatic nitrogens is 3. The van der Waals surface area contributed by atoms with Crippen molar-refractivity contribution in [2.75, 3.05) is 0 Å². The normalized spacial score (nSPS) is 12.1. The Bertz CT molecular complexity index is 2780. The van der Waals surface area contributed by atoms with Gasteiger partial charge in [0.2, 0.25) is 5.95 Å². The van der Waals surface area contributed by atoms with Crippen LogP contribution >= 0.6 is 0 Å². The minimum Gasteiger partial charge on any atom is -0.454 e. The number of hydrogen-bond acceptors (Lipinski definition) is 3. The summed E-state index contributed by atoms with van der Waals surface area (Å²) in [4.78, 5) is 10.7. The maximum Gasteiger partial charge on any atom is 0.235 e. The smallest absolute Gasteiger partial charge is 0.235 e. The van der Waals surface area contributed by atoms with Crippen LogP contribution in [0.5, 0.6) is 0 Å². The molecule has 0 amide bonds. The van der Waals surface area contributed by atoms with Crippen LogP contribution in [0.25, 0.3) is 93.4 Å². The van der Waals surface area contributed by atoms with Gasteiger partial charge in [0.05, 0.1) is 16.7 Å². The fourth-order valence-corrected chi connectivity index (χ4v) is 7.14. The van der Waals surface area contributed by atoms with Gasteiger partial charge in [-0.05, 0) is 39.7 Å². The van der Waals surface area contributed by atoms with Crippen LogP contribution < -0.4 is 0 Å². The second-order valence-electron chi connectivity index (χ2n) is 11.3. The molecule has 0 saturated heterocycles. The van der Waals surface area contributed by atoms with Crippen molar-refractivity contribution in [2.45, 2.75) is 0 Å². The van der Waals surface area contributed by atoms with Gasteiger partial charge in [0.1, 0.15) is 11.1 Å². The zero-order chi connectivity index (χ0) is 28.8. The highest BCUT2D eigenvalue weighted by atomic mass is 16.3. The van der Waals surface area contributed by atoms with Crippen molar-refractivity contribution in [3.8, 4) is 17.2 Å². The zero-order valence-corrected chi connectivity index (χ0v) is 23.5. The van der Waals surface area contributed by atoms with E-state index in [-0.39, 0.29) is 0 Å². The summed E-state index contributed by atoms with van der Waals surface area (Å²) in [6, 6.07) is 48.7. The molecule has 3 aromatic heterocycles. The Hall–Kier alpha value is -6.00. The molecule has 0 spiro atoms. The molecular weight excluding hydrogens is 538 g/mol. The first-order chi connectivity index (χ1) is 21.8. The van der Waals surface area contributed by atoms with Crippen LogP contribution in [0.1, 0.15) is 0 Å². The lowest BCUT2D eigenvalue weighted by Crippen LogP contribution is -2.03. The van der Waals surface area contributed by atoms with Crippen molar-refractivity contribution in [1.82, 2.24) is 14.5 Å². The quantitative estimate of drug-likeness (QED) is 0.211. The van der Waals surface area contributed by atoms with E-state index < -0.39 is 0 Å². The van der Waals surface area contributed by atoms with Crippen molar-refractivity contribution in [2.24, 2.45) is 0 Å².